The van der Waals surface area contributed by atoms with Crippen molar-refractivity contribution < 1.29 is 8.83 Å². The van der Waals surface area contributed by atoms with E-state index in [0.29, 0.717) is 17.5 Å². The fraction of sp³-hybridized carbons (Fsp3) is 0. The summed E-state index contributed by atoms with van der Waals surface area (Å²) in [5, 5.41) is 6.43. The maximum Gasteiger partial charge on any atom is 0.164 e. The van der Waals surface area contributed by atoms with Crippen LogP contribution in [-0.2, 0) is 0 Å². The van der Waals surface area contributed by atoms with Crippen LogP contribution < -0.4 is 0 Å². The van der Waals surface area contributed by atoms with Crippen molar-refractivity contribution in [2.24, 2.45) is 0 Å². The van der Waals surface area contributed by atoms with Gasteiger partial charge in [0, 0.05) is 54.7 Å². The molecule has 15 aromatic rings. The van der Waals surface area contributed by atoms with E-state index in [1.165, 1.54) is 21.9 Å². The highest BCUT2D eigenvalue weighted by Gasteiger charge is 2.24. The van der Waals surface area contributed by atoms with Gasteiger partial charge < -0.3 is 13.4 Å². The molecule has 0 amide bonds. The predicted molar refractivity (Wildman–Crippen MR) is 307 cm³/mol. The second-order valence-electron chi connectivity index (χ2n) is 19.0. The first-order valence-electron chi connectivity index (χ1n) is 25.2. The topological polar surface area (TPSA) is 69.9 Å². The summed E-state index contributed by atoms with van der Waals surface area (Å²) < 4.78 is 16.0. The highest BCUT2D eigenvalue weighted by molar-refractivity contribution is 6.18. The second kappa shape index (κ2) is 17.3. The molecule has 0 spiro atoms. The van der Waals surface area contributed by atoms with Crippen LogP contribution in [0.5, 0.6) is 0 Å². The minimum Gasteiger partial charge on any atom is -0.456 e. The lowest BCUT2D eigenvalue weighted by molar-refractivity contribution is 0.669. The molecule has 0 saturated heterocycles. The van der Waals surface area contributed by atoms with E-state index >= 15 is 0 Å². The molecule has 4 aromatic heterocycles. The summed E-state index contributed by atoms with van der Waals surface area (Å²) in [4.78, 5) is 15.5. The van der Waals surface area contributed by atoms with Crippen LogP contribution >= 0.6 is 0 Å². The summed E-state index contributed by atoms with van der Waals surface area (Å²) in [7, 11) is 0. The third-order valence-electron chi connectivity index (χ3n) is 14.7. The van der Waals surface area contributed by atoms with Crippen LogP contribution in [0.3, 0.4) is 0 Å². The van der Waals surface area contributed by atoms with Crippen LogP contribution in [0, 0.1) is 0 Å². The van der Waals surface area contributed by atoms with Crippen LogP contribution in [0.2, 0.25) is 0 Å². The fourth-order valence-corrected chi connectivity index (χ4v) is 11.2. The SMILES string of the molecule is c1ccc(-c2ccc(-c3nc(-c4ccccc4)nc(-c4cccc5oc6c(-c7cccc(-c8ccc9oc%10ccccc%10c9c8-n8c9ccccc9c9cc(-c%10ccccc%10)ccc98)c7)cccc6c45)n3)cc2)cc1. The molecule has 0 fully saturated rings. The maximum absolute atomic E-state index is 6.96. The first kappa shape index (κ1) is 42.5. The number of hydrogen-bond acceptors (Lipinski definition) is 5. The monoisotopic (exact) mass is 958 g/mol. The lowest BCUT2D eigenvalue weighted by Gasteiger charge is -2.17. The summed E-state index contributed by atoms with van der Waals surface area (Å²) in [5.74, 6) is 1.77. The first-order chi connectivity index (χ1) is 37.2. The Morgan fingerprint density at radius 1 is 0.267 bits per heavy atom. The lowest BCUT2D eigenvalue weighted by Crippen LogP contribution is -2.00. The molecule has 0 unspecified atom stereocenters. The van der Waals surface area contributed by atoms with Crippen molar-refractivity contribution in [3.63, 3.8) is 0 Å². The van der Waals surface area contributed by atoms with Gasteiger partial charge in [-0.2, -0.15) is 0 Å². The minimum atomic E-state index is 0.572. The summed E-state index contributed by atoms with van der Waals surface area (Å²) in [6, 6.07) is 89.3. The molecule has 75 heavy (non-hydrogen) atoms. The number of aromatic nitrogens is 4. The Hall–Kier alpha value is -10.2. The normalized spacial score (nSPS) is 11.7. The molecule has 0 radical (unpaired) electrons. The number of nitrogens with zero attached hydrogens (tertiary/aromatic N) is 4. The van der Waals surface area contributed by atoms with Gasteiger partial charge in [0.2, 0.25) is 0 Å². The van der Waals surface area contributed by atoms with E-state index < -0.39 is 0 Å². The number of para-hydroxylation sites is 3. The first-order valence-corrected chi connectivity index (χ1v) is 25.2. The third-order valence-corrected chi connectivity index (χ3v) is 14.7. The molecule has 15 rings (SSSR count). The Morgan fingerprint density at radius 2 is 0.773 bits per heavy atom. The molecular weight excluding hydrogens is 917 g/mol. The van der Waals surface area contributed by atoms with Gasteiger partial charge in [-0.05, 0) is 81.9 Å². The van der Waals surface area contributed by atoms with E-state index in [4.69, 9.17) is 23.8 Å². The third kappa shape index (κ3) is 7.07. The molecule has 0 aliphatic carbocycles. The molecule has 4 heterocycles. The molecule has 11 aromatic carbocycles. The largest absolute Gasteiger partial charge is 0.456 e. The van der Waals surface area contributed by atoms with Crippen molar-refractivity contribution in [1.29, 1.82) is 0 Å². The standard InChI is InChI=1S/C69H42N4O2/c1-4-17-43(18-5-1)45-33-35-47(36-34-45)68-70-67(46-21-8-3-9-22-46)71-69(72-68)56-29-16-32-61-63(56)55-28-15-27-52(66(55)75-61)50-24-14-23-49(41-50)51-38-40-62-64(54-26-11-13-31-60(54)74-62)65(51)73-58-30-12-10-25-53(58)57-42-48(37-39-59(57)73)44-19-6-2-7-20-44/h1-42H. The lowest BCUT2D eigenvalue weighted by atomic mass is 9.95. The van der Waals surface area contributed by atoms with E-state index in [0.717, 1.165) is 111 Å². The Bertz CT molecular complexity index is 4690. The van der Waals surface area contributed by atoms with E-state index in [2.05, 4.69) is 205 Å². The van der Waals surface area contributed by atoms with Crippen molar-refractivity contribution >= 4 is 65.7 Å². The molecule has 0 aliphatic heterocycles. The molecule has 6 heteroatoms. The zero-order valence-corrected chi connectivity index (χ0v) is 40.4. The fourth-order valence-electron chi connectivity index (χ4n) is 11.2. The Kier molecular flexibility index (Phi) is 9.78. The van der Waals surface area contributed by atoms with Gasteiger partial charge in [-0.25, -0.2) is 15.0 Å². The van der Waals surface area contributed by atoms with Crippen LogP contribution in [0.1, 0.15) is 0 Å². The summed E-state index contributed by atoms with van der Waals surface area (Å²) in [6.45, 7) is 0. The van der Waals surface area contributed by atoms with Crippen molar-refractivity contribution in [2.75, 3.05) is 0 Å². The average Bonchev–Trinajstić information content (AvgIpc) is 4.17. The van der Waals surface area contributed by atoms with E-state index in [9.17, 15) is 0 Å². The molecule has 0 bridgehead atoms. The molecule has 350 valence electrons. The van der Waals surface area contributed by atoms with Crippen LogP contribution in [0.4, 0.5) is 0 Å². The number of benzene rings is 11. The van der Waals surface area contributed by atoms with Crippen LogP contribution in [0.15, 0.2) is 264 Å². The molecule has 0 aliphatic rings. The average molecular weight is 959 g/mol. The van der Waals surface area contributed by atoms with Gasteiger partial charge in [-0.3, -0.25) is 0 Å². The number of rotatable bonds is 8. The molecular formula is C69H42N4O2. The maximum atomic E-state index is 6.96. The van der Waals surface area contributed by atoms with Gasteiger partial charge in [-0.15, -0.1) is 0 Å². The van der Waals surface area contributed by atoms with Crippen molar-refractivity contribution in [3.8, 4) is 84.4 Å². The molecule has 0 N–H and O–H groups in total. The van der Waals surface area contributed by atoms with Crippen molar-refractivity contribution in [1.82, 2.24) is 19.5 Å². The van der Waals surface area contributed by atoms with E-state index in [1.807, 2.05) is 54.6 Å². The predicted octanol–water partition coefficient (Wildman–Crippen LogP) is 18.4. The molecule has 0 saturated carbocycles. The van der Waals surface area contributed by atoms with Crippen molar-refractivity contribution in [3.05, 3.63) is 255 Å². The smallest absolute Gasteiger partial charge is 0.164 e. The van der Waals surface area contributed by atoms with Crippen molar-refractivity contribution in [2.45, 2.75) is 0 Å². The summed E-state index contributed by atoms with van der Waals surface area (Å²) >= 11 is 0. The second-order valence-corrected chi connectivity index (χ2v) is 19.0. The Balaban J connectivity index is 0.897. The highest BCUT2D eigenvalue weighted by Crippen LogP contribution is 2.46. The van der Waals surface area contributed by atoms with E-state index in [1.54, 1.807) is 0 Å². The summed E-state index contributed by atoms with van der Waals surface area (Å²) in [5.41, 5.74) is 18.0. The minimum absolute atomic E-state index is 0.572. The summed E-state index contributed by atoms with van der Waals surface area (Å²) in [6.07, 6.45) is 0. The quantitative estimate of drug-likeness (QED) is 0.152. The van der Waals surface area contributed by atoms with E-state index in [-0.39, 0.29) is 0 Å². The Morgan fingerprint density at radius 3 is 1.55 bits per heavy atom. The van der Waals surface area contributed by atoms with Gasteiger partial charge in [-0.1, -0.05) is 206 Å². The molecule has 0 atom stereocenters. The van der Waals surface area contributed by atoms with Gasteiger partial charge in [0.05, 0.1) is 22.1 Å². The van der Waals surface area contributed by atoms with Crippen LogP contribution in [0.25, 0.3) is 150 Å². The zero-order chi connectivity index (χ0) is 49.4. The van der Waals surface area contributed by atoms with Gasteiger partial charge in [0.15, 0.2) is 17.5 Å². The molecule has 6 nitrogen and oxygen atoms in total. The number of hydrogen-bond donors (Lipinski definition) is 0. The highest BCUT2D eigenvalue weighted by atomic mass is 16.3. The van der Waals surface area contributed by atoms with Gasteiger partial charge >= 0.3 is 0 Å². The van der Waals surface area contributed by atoms with Gasteiger partial charge in [0.25, 0.3) is 0 Å². The number of furan rings is 2. The zero-order valence-electron chi connectivity index (χ0n) is 40.4. The van der Waals surface area contributed by atoms with Crippen LogP contribution in [-0.4, -0.2) is 19.5 Å². The number of fused-ring (bicyclic) bond motifs is 9. The van der Waals surface area contributed by atoms with Gasteiger partial charge in [0.1, 0.15) is 22.3 Å². The Labute approximate surface area is 431 Å².